The van der Waals surface area contributed by atoms with Crippen LogP contribution in [-0.2, 0) is 9.53 Å². The first-order chi connectivity index (χ1) is 15.1. The summed E-state index contributed by atoms with van der Waals surface area (Å²) in [6, 6.07) is 12.2. The number of alkyl halides is 3. The third-order valence-electron chi connectivity index (χ3n) is 5.01. The molecule has 5 nitrogen and oxygen atoms in total. The number of halogens is 3. The lowest BCUT2D eigenvalue weighted by atomic mass is 9.88. The molecule has 2 N–H and O–H groups in total. The highest BCUT2D eigenvalue weighted by Gasteiger charge is 2.55. The standard InChI is InChI=1S/C23H22F3NO4S/c1-15(18-7-8-19(32-18)21(30)27-14-11-20(28)29)31-22(23(24,25)26)12-9-17(10-13-22)16-5-3-2-4-6-16/h2-10,12,15H,11,13-14H2,1H3,(H,27,30)(H,28,29)/t15-,22-/m1/s1. The number of carboxylic acid groups (broad SMARTS) is 1. The summed E-state index contributed by atoms with van der Waals surface area (Å²) in [7, 11) is 0. The maximum atomic E-state index is 14.0. The average Bonchev–Trinajstić information content (AvgIpc) is 3.24. The number of allylic oxidation sites excluding steroid dienone is 2. The number of ether oxygens (including phenoxy) is 1. The van der Waals surface area contributed by atoms with Gasteiger partial charge in [0.2, 0.25) is 0 Å². The number of amides is 1. The Hall–Kier alpha value is -2.91. The van der Waals surface area contributed by atoms with Crippen molar-refractivity contribution in [2.75, 3.05) is 6.54 Å². The van der Waals surface area contributed by atoms with Gasteiger partial charge in [0.05, 0.1) is 17.4 Å². The normalized spacial score (nSPS) is 19.3. The Morgan fingerprint density at radius 3 is 2.53 bits per heavy atom. The van der Waals surface area contributed by atoms with Gasteiger partial charge in [0.15, 0.2) is 5.60 Å². The fourth-order valence-electron chi connectivity index (χ4n) is 3.27. The summed E-state index contributed by atoms with van der Waals surface area (Å²) in [6.45, 7) is 1.47. The number of carbonyl (C=O) groups is 2. The van der Waals surface area contributed by atoms with Gasteiger partial charge in [-0.05, 0) is 36.3 Å². The highest BCUT2D eigenvalue weighted by Crippen LogP contribution is 2.45. The summed E-state index contributed by atoms with van der Waals surface area (Å²) >= 11 is 1.01. The Bertz CT molecular complexity index is 1030. The van der Waals surface area contributed by atoms with Crippen LogP contribution in [0.5, 0.6) is 0 Å². The van der Waals surface area contributed by atoms with Crippen molar-refractivity contribution in [2.24, 2.45) is 0 Å². The molecule has 0 saturated heterocycles. The van der Waals surface area contributed by atoms with E-state index in [0.29, 0.717) is 10.5 Å². The van der Waals surface area contributed by atoms with Gasteiger partial charge < -0.3 is 15.2 Å². The molecule has 32 heavy (non-hydrogen) atoms. The van der Waals surface area contributed by atoms with Gasteiger partial charge in [0.1, 0.15) is 0 Å². The zero-order chi connectivity index (χ0) is 23.4. The van der Waals surface area contributed by atoms with E-state index in [1.165, 1.54) is 25.1 Å². The number of hydrogen-bond acceptors (Lipinski definition) is 4. The molecule has 0 aliphatic heterocycles. The summed E-state index contributed by atoms with van der Waals surface area (Å²) in [4.78, 5) is 23.4. The fraction of sp³-hybridized carbons (Fsp3) is 0.304. The van der Waals surface area contributed by atoms with Crippen LogP contribution in [0.25, 0.3) is 5.57 Å². The number of carbonyl (C=O) groups excluding carboxylic acids is 1. The van der Waals surface area contributed by atoms with Crippen LogP contribution in [0.2, 0.25) is 0 Å². The summed E-state index contributed by atoms with van der Waals surface area (Å²) in [5.74, 6) is -1.52. The highest BCUT2D eigenvalue weighted by molar-refractivity contribution is 7.14. The third kappa shape index (κ3) is 5.46. The molecule has 0 unspecified atom stereocenters. The highest BCUT2D eigenvalue weighted by atomic mass is 32.1. The molecule has 170 valence electrons. The molecule has 1 heterocycles. The van der Waals surface area contributed by atoms with Crippen LogP contribution in [0.1, 0.15) is 46.0 Å². The van der Waals surface area contributed by atoms with Crippen LogP contribution < -0.4 is 5.32 Å². The summed E-state index contributed by atoms with van der Waals surface area (Å²) in [5.41, 5.74) is -0.957. The van der Waals surface area contributed by atoms with Crippen molar-refractivity contribution in [1.82, 2.24) is 5.32 Å². The fourth-order valence-corrected chi connectivity index (χ4v) is 4.17. The number of benzene rings is 1. The van der Waals surface area contributed by atoms with Crippen molar-refractivity contribution >= 4 is 28.8 Å². The van der Waals surface area contributed by atoms with Crippen LogP contribution in [0.15, 0.2) is 60.7 Å². The number of nitrogens with one attached hydrogen (secondary N) is 1. The Balaban J connectivity index is 1.72. The Kier molecular flexibility index (Phi) is 7.20. The lowest BCUT2D eigenvalue weighted by Crippen LogP contribution is -2.47. The summed E-state index contributed by atoms with van der Waals surface area (Å²) < 4.78 is 47.6. The summed E-state index contributed by atoms with van der Waals surface area (Å²) in [5, 5.41) is 11.1. The first-order valence-corrected chi connectivity index (χ1v) is 10.7. The minimum absolute atomic E-state index is 0.0362. The summed E-state index contributed by atoms with van der Waals surface area (Å²) in [6.07, 6.45) is -2.14. The maximum absolute atomic E-state index is 14.0. The number of aliphatic carboxylic acids is 1. The number of carboxylic acids is 1. The van der Waals surface area contributed by atoms with Gasteiger partial charge in [0, 0.05) is 17.8 Å². The predicted octanol–water partition coefficient (Wildman–Crippen LogP) is 5.37. The van der Waals surface area contributed by atoms with Gasteiger partial charge >= 0.3 is 12.1 Å². The van der Waals surface area contributed by atoms with E-state index in [4.69, 9.17) is 9.84 Å². The Morgan fingerprint density at radius 2 is 1.94 bits per heavy atom. The molecule has 0 spiro atoms. The van der Waals surface area contributed by atoms with Gasteiger partial charge in [-0.15, -0.1) is 11.3 Å². The van der Waals surface area contributed by atoms with E-state index >= 15 is 0 Å². The largest absolute Gasteiger partial charge is 0.481 e. The molecule has 1 aliphatic rings. The van der Waals surface area contributed by atoms with E-state index < -0.39 is 29.8 Å². The second-order valence-corrected chi connectivity index (χ2v) is 8.43. The SMILES string of the molecule is C[C@@H](O[C@]1(C(F)(F)F)C=CC(c2ccccc2)=CC1)c1ccc(C(=O)NCCC(=O)O)s1. The average molecular weight is 465 g/mol. The Labute approximate surface area is 187 Å². The minimum Gasteiger partial charge on any atom is -0.481 e. The molecule has 0 fully saturated rings. The van der Waals surface area contributed by atoms with Crippen LogP contribution in [0.3, 0.4) is 0 Å². The minimum atomic E-state index is -4.63. The number of hydrogen-bond donors (Lipinski definition) is 2. The van der Waals surface area contributed by atoms with E-state index in [1.807, 2.05) is 30.3 Å². The molecule has 1 aromatic heterocycles. The molecule has 1 aromatic carbocycles. The second kappa shape index (κ2) is 9.70. The molecule has 9 heteroatoms. The number of rotatable bonds is 8. The van der Waals surface area contributed by atoms with E-state index in [-0.39, 0.29) is 24.3 Å². The van der Waals surface area contributed by atoms with Crippen molar-refractivity contribution in [2.45, 2.75) is 37.6 Å². The van der Waals surface area contributed by atoms with E-state index in [0.717, 1.165) is 23.0 Å². The number of thiophene rings is 1. The molecule has 1 amide bonds. The molecule has 0 radical (unpaired) electrons. The van der Waals surface area contributed by atoms with Gasteiger partial charge in [-0.25, -0.2) is 0 Å². The first-order valence-electron chi connectivity index (χ1n) is 9.90. The maximum Gasteiger partial charge on any atom is 0.421 e. The predicted molar refractivity (Wildman–Crippen MR) is 115 cm³/mol. The zero-order valence-corrected chi connectivity index (χ0v) is 18.0. The van der Waals surface area contributed by atoms with Gasteiger partial charge in [-0.2, -0.15) is 13.2 Å². The van der Waals surface area contributed by atoms with Crippen LogP contribution in [-0.4, -0.2) is 35.3 Å². The molecule has 3 rings (SSSR count). The lowest BCUT2D eigenvalue weighted by Gasteiger charge is -2.36. The van der Waals surface area contributed by atoms with Crippen LogP contribution in [0.4, 0.5) is 13.2 Å². The van der Waals surface area contributed by atoms with E-state index in [9.17, 15) is 22.8 Å². The zero-order valence-electron chi connectivity index (χ0n) is 17.2. The van der Waals surface area contributed by atoms with Crippen LogP contribution >= 0.6 is 11.3 Å². The van der Waals surface area contributed by atoms with Gasteiger partial charge in [-0.1, -0.05) is 42.5 Å². The monoisotopic (exact) mass is 465 g/mol. The van der Waals surface area contributed by atoms with Crippen molar-refractivity contribution in [3.05, 3.63) is 76.0 Å². The van der Waals surface area contributed by atoms with Crippen molar-refractivity contribution < 1.29 is 32.6 Å². The molecule has 0 saturated carbocycles. The quantitative estimate of drug-likeness (QED) is 0.549. The molecular weight excluding hydrogens is 443 g/mol. The topological polar surface area (TPSA) is 75.6 Å². The molecule has 2 aromatic rings. The van der Waals surface area contributed by atoms with Crippen LogP contribution in [0, 0.1) is 0 Å². The molecule has 2 atom stereocenters. The second-order valence-electron chi connectivity index (χ2n) is 7.31. The van der Waals surface area contributed by atoms with Crippen molar-refractivity contribution in [1.29, 1.82) is 0 Å². The lowest BCUT2D eigenvalue weighted by molar-refractivity contribution is -0.269. The molecule has 0 bridgehead atoms. The Morgan fingerprint density at radius 1 is 1.22 bits per heavy atom. The van der Waals surface area contributed by atoms with Gasteiger partial charge in [0.25, 0.3) is 5.91 Å². The first kappa shape index (κ1) is 23.7. The van der Waals surface area contributed by atoms with Crippen molar-refractivity contribution in [3.63, 3.8) is 0 Å². The molecule has 1 aliphatic carbocycles. The third-order valence-corrected chi connectivity index (χ3v) is 6.25. The molecular formula is C23H22F3NO4S. The van der Waals surface area contributed by atoms with Crippen molar-refractivity contribution in [3.8, 4) is 0 Å². The van der Waals surface area contributed by atoms with Gasteiger partial charge in [-0.3, -0.25) is 9.59 Å². The van der Waals surface area contributed by atoms with E-state index in [2.05, 4.69) is 5.32 Å². The smallest absolute Gasteiger partial charge is 0.421 e. The van der Waals surface area contributed by atoms with E-state index in [1.54, 1.807) is 6.07 Å².